The monoisotopic (exact) mass is 362 g/mol. The van der Waals surface area contributed by atoms with Crippen molar-refractivity contribution in [3.63, 3.8) is 0 Å². The molecule has 0 aliphatic heterocycles. The Bertz CT molecular complexity index is 1100. The second-order valence-electron chi connectivity index (χ2n) is 6.10. The Kier molecular flexibility index (Phi) is 4.50. The topological polar surface area (TPSA) is 70.7 Å². The zero-order chi connectivity index (χ0) is 17.9. The van der Waals surface area contributed by atoms with Crippen LogP contribution in [0.2, 0.25) is 0 Å². The molecule has 2 aromatic carbocycles. The van der Waals surface area contributed by atoms with E-state index in [9.17, 15) is 4.79 Å². The summed E-state index contributed by atoms with van der Waals surface area (Å²) in [5.41, 5.74) is 3.70. The van der Waals surface area contributed by atoms with Crippen LogP contribution in [-0.2, 0) is 12.8 Å². The van der Waals surface area contributed by atoms with E-state index in [0.29, 0.717) is 12.8 Å². The smallest absolute Gasteiger partial charge is 0.251 e. The number of para-hydroxylation sites is 2. The van der Waals surface area contributed by atoms with E-state index in [1.54, 1.807) is 0 Å². The SMILES string of the molecule is Cc1c(CCc2nnc(Nc3ccccc3)s2)c(=O)[nH]c2ccccc12. The zero-order valence-electron chi connectivity index (χ0n) is 14.3. The number of aryl methyl sites for hydroxylation is 2. The molecule has 0 radical (unpaired) electrons. The van der Waals surface area contributed by atoms with Gasteiger partial charge in [0.1, 0.15) is 5.01 Å². The first-order chi connectivity index (χ1) is 12.7. The molecule has 0 saturated heterocycles. The van der Waals surface area contributed by atoms with Gasteiger partial charge in [-0.2, -0.15) is 0 Å². The lowest BCUT2D eigenvalue weighted by Crippen LogP contribution is -2.15. The minimum absolute atomic E-state index is 0.0200. The van der Waals surface area contributed by atoms with Crippen LogP contribution >= 0.6 is 11.3 Å². The molecule has 5 nitrogen and oxygen atoms in total. The van der Waals surface area contributed by atoms with Crippen molar-refractivity contribution in [2.24, 2.45) is 0 Å². The molecular formula is C20H18N4OS. The van der Waals surface area contributed by atoms with Crippen molar-refractivity contribution in [1.29, 1.82) is 0 Å². The van der Waals surface area contributed by atoms with Gasteiger partial charge in [0.05, 0.1) is 0 Å². The summed E-state index contributed by atoms with van der Waals surface area (Å²) in [6, 6.07) is 17.8. The highest BCUT2D eigenvalue weighted by atomic mass is 32.1. The summed E-state index contributed by atoms with van der Waals surface area (Å²) < 4.78 is 0. The van der Waals surface area contributed by atoms with Crippen LogP contribution in [0.3, 0.4) is 0 Å². The van der Waals surface area contributed by atoms with Crippen LogP contribution in [0.25, 0.3) is 10.9 Å². The highest BCUT2D eigenvalue weighted by Gasteiger charge is 2.11. The molecule has 0 amide bonds. The van der Waals surface area contributed by atoms with Crippen molar-refractivity contribution in [3.8, 4) is 0 Å². The largest absolute Gasteiger partial charge is 0.330 e. The van der Waals surface area contributed by atoms with Gasteiger partial charge in [0.2, 0.25) is 5.13 Å². The van der Waals surface area contributed by atoms with E-state index in [4.69, 9.17) is 0 Å². The number of nitrogens with zero attached hydrogens (tertiary/aromatic N) is 2. The van der Waals surface area contributed by atoms with Crippen LogP contribution in [0.4, 0.5) is 10.8 Å². The number of benzene rings is 2. The summed E-state index contributed by atoms with van der Waals surface area (Å²) in [7, 11) is 0. The fourth-order valence-electron chi connectivity index (χ4n) is 3.03. The molecule has 0 bridgehead atoms. The van der Waals surface area contributed by atoms with Crippen LogP contribution in [0.1, 0.15) is 16.1 Å². The molecule has 2 heterocycles. The number of H-pyrrole nitrogens is 1. The number of anilines is 2. The van der Waals surface area contributed by atoms with Crippen molar-refractivity contribution in [2.75, 3.05) is 5.32 Å². The molecule has 0 aliphatic rings. The predicted octanol–water partition coefficient (Wildman–Crippen LogP) is 4.22. The Hall–Kier alpha value is -2.99. The van der Waals surface area contributed by atoms with Gasteiger partial charge < -0.3 is 10.3 Å². The van der Waals surface area contributed by atoms with Crippen LogP contribution in [0, 0.1) is 6.92 Å². The second kappa shape index (κ2) is 7.09. The van der Waals surface area contributed by atoms with E-state index in [1.807, 2.05) is 61.5 Å². The molecule has 4 aromatic rings. The normalized spacial score (nSPS) is 11.0. The van der Waals surface area contributed by atoms with Gasteiger partial charge >= 0.3 is 0 Å². The quantitative estimate of drug-likeness (QED) is 0.558. The van der Waals surface area contributed by atoms with Gasteiger partial charge in [0.25, 0.3) is 5.56 Å². The lowest BCUT2D eigenvalue weighted by Gasteiger charge is -2.07. The fraction of sp³-hybridized carbons (Fsp3) is 0.150. The van der Waals surface area contributed by atoms with Crippen molar-refractivity contribution >= 4 is 33.1 Å². The lowest BCUT2D eigenvalue weighted by atomic mass is 10.0. The van der Waals surface area contributed by atoms with E-state index in [1.165, 1.54) is 11.3 Å². The first kappa shape index (κ1) is 16.5. The van der Waals surface area contributed by atoms with Crippen LogP contribution in [0.5, 0.6) is 0 Å². The molecule has 4 rings (SSSR count). The number of aromatic amines is 1. The van der Waals surface area contributed by atoms with E-state index >= 15 is 0 Å². The highest BCUT2D eigenvalue weighted by molar-refractivity contribution is 7.15. The number of nitrogens with one attached hydrogen (secondary N) is 2. The molecule has 0 spiro atoms. The van der Waals surface area contributed by atoms with E-state index in [2.05, 4.69) is 20.5 Å². The van der Waals surface area contributed by atoms with Crippen molar-refractivity contribution in [3.05, 3.63) is 81.1 Å². The van der Waals surface area contributed by atoms with Crippen molar-refractivity contribution in [1.82, 2.24) is 15.2 Å². The van der Waals surface area contributed by atoms with Crippen LogP contribution < -0.4 is 10.9 Å². The fourth-order valence-corrected chi connectivity index (χ4v) is 3.79. The maximum atomic E-state index is 12.4. The molecular weight excluding hydrogens is 344 g/mol. The number of fused-ring (bicyclic) bond motifs is 1. The summed E-state index contributed by atoms with van der Waals surface area (Å²) in [5, 5.41) is 14.4. The van der Waals surface area contributed by atoms with Gasteiger partial charge in [-0.1, -0.05) is 47.7 Å². The Morgan fingerprint density at radius 2 is 1.77 bits per heavy atom. The zero-order valence-corrected chi connectivity index (χ0v) is 15.1. The highest BCUT2D eigenvalue weighted by Crippen LogP contribution is 2.22. The molecule has 0 unspecified atom stereocenters. The van der Waals surface area contributed by atoms with Crippen LogP contribution in [-0.4, -0.2) is 15.2 Å². The standard InChI is InChI=1S/C20H18N4OS/c1-13-15-9-5-6-10-17(15)22-19(25)16(13)11-12-18-23-24-20(26-18)21-14-7-3-2-4-8-14/h2-10H,11-12H2,1H3,(H,21,24)(H,22,25). The van der Waals surface area contributed by atoms with Gasteiger partial charge in [-0.05, 0) is 37.1 Å². The third-order valence-corrected chi connectivity index (χ3v) is 5.29. The Morgan fingerprint density at radius 1 is 1.00 bits per heavy atom. The van der Waals surface area contributed by atoms with Gasteiger partial charge in [-0.3, -0.25) is 4.79 Å². The first-order valence-corrected chi connectivity index (χ1v) is 9.27. The third kappa shape index (κ3) is 3.36. The molecule has 2 N–H and O–H groups in total. The number of hydrogen-bond acceptors (Lipinski definition) is 5. The summed E-state index contributed by atoms with van der Waals surface area (Å²) in [4.78, 5) is 15.4. The average Bonchev–Trinajstić information content (AvgIpc) is 3.10. The summed E-state index contributed by atoms with van der Waals surface area (Å²) in [6.07, 6.45) is 1.34. The number of hydrogen-bond donors (Lipinski definition) is 2. The number of aromatic nitrogens is 3. The van der Waals surface area contributed by atoms with Crippen molar-refractivity contribution < 1.29 is 0 Å². The number of rotatable bonds is 5. The molecule has 0 aliphatic carbocycles. The maximum absolute atomic E-state index is 12.4. The Labute approximate surface area is 154 Å². The molecule has 0 saturated carbocycles. The summed E-state index contributed by atoms with van der Waals surface area (Å²) in [6.45, 7) is 2.01. The summed E-state index contributed by atoms with van der Waals surface area (Å²) in [5.74, 6) is 0. The minimum Gasteiger partial charge on any atom is -0.330 e. The van der Waals surface area contributed by atoms with Gasteiger partial charge in [0, 0.05) is 28.6 Å². The number of pyridine rings is 1. The Balaban J connectivity index is 1.51. The molecule has 0 fully saturated rings. The first-order valence-electron chi connectivity index (χ1n) is 8.45. The van der Waals surface area contributed by atoms with Gasteiger partial charge in [0.15, 0.2) is 0 Å². The molecule has 0 atom stereocenters. The third-order valence-electron chi connectivity index (χ3n) is 4.39. The van der Waals surface area contributed by atoms with Gasteiger partial charge in [-0.15, -0.1) is 10.2 Å². The Morgan fingerprint density at radius 3 is 2.62 bits per heavy atom. The van der Waals surface area contributed by atoms with E-state index in [0.717, 1.165) is 37.9 Å². The van der Waals surface area contributed by atoms with E-state index in [-0.39, 0.29) is 5.56 Å². The minimum atomic E-state index is -0.0200. The van der Waals surface area contributed by atoms with E-state index < -0.39 is 0 Å². The molecule has 6 heteroatoms. The average molecular weight is 362 g/mol. The van der Waals surface area contributed by atoms with Gasteiger partial charge in [-0.25, -0.2) is 0 Å². The molecule has 2 aromatic heterocycles. The molecule has 26 heavy (non-hydrogen) atoms. The predicted molar refractivity (Wildman–Crippen MR) is 106 cm³/mol. The summed E-state index contributed by atoms with van der Waals surface area (Å²) >= 11 is 1.52. The lowest BCUT2D eigenvalue weighted by molar-refractivity contribution is 0.887. The van der Waals surface area contributed by atoms with Crippen LogP contribution in [0.15, 0.2) is 59.4 Å². The molecule has 130 valence electrons. The maximum Gasteiger partial charge on any atom is 0.251 e. The van der Waals surface area contributed by atoms with Crippen molar-refractivity contribution in [2.45, 2.75) is 19.8 Å². The second-order valence-corrected chi connectivity index (χ2v) is 7.16.